The van der Waals surface area contributed by atoms with E-state index in [0.717, 1.165) is 11.5 Å². The van der Waals surface area contributed by atoms with Crippen LogP contribution >= 0.6 is 0 Å². The Kier molecular flexibility index (Phi) is 2.88. The highest BCUT2D eigenvalue weighted by Gasteiger charge is 1.95. The predicted molar refractivity (Wildman–Crippen MR) is 58.3 cm³/mol. The highest BCUT2D eigenvalue weighted by molar-refractivity contribution is 5.37. The van der Waals surface area contributed by atoms with Gasteiger partial charge in [0.2, 0.25) is 0 Å². The fraction of sp³-hybridized carbons (Fsp3) is 0.182. The zero-order chi connectivity index (χ0) is 10.5. The summed E-state index contributed by atoms with van der Waals surface area (Å²) in [5, 5.41) is 3.20. The zero-order valence-electron chi connectivity index (χ0n) is 8.51. The first kappa shape index (κ1) is 9.58. The van der Waals surface area contributed by atoms with Crippen LogP contribution in [0.5, 0.6) is 0 Å². The molecule has 2 heterocycles. The van der Waals surface area contributed by atoms with Gasteiger partial charge in [-0.3, -0.25) is 0 Å². The lowest BCUT2D eigenvalue weighted by Crippen LogP contribution is -2.03. The lowest BCUT2D eigenvalue weighted by atomic mass is 10.3. The quantitative estimate of drug-likeness (QED) is 0.820. The van der Waals surface area contributed by atoms with E-state index in [1.165, 1.54) is 5.56 Å². The van der Waals surface area contributed by atoms with Gasteiger partial charge >= 0.3 is 0 Å². The van der Waals surface area contributed by atoms with Gasteiger partial charge in [-0.25, -0.2) is 15.0 Å². The standard InChI is InChI=1S/C11H12N4/c1-9-2-5-13-11(6-9)14-7-10-3-4-12-8-15-10/h2-6,8H,7H2,1H3,(H,13,14). The SMILES string of the molecule is Cc1ccnc(NCc2ccncn2)c1. The summed E-state index contributed by atoms with van der Waals surface area (Å²) in [4.78, 5) is 12.2. The first-order chi connectivity index (χ1) is 7.34. The van der Waals surface area contributed by atoms with E-state index in [4.69, 9.17) is 0 Å². The van der Waals surface area contributed by atoms with Crippen LogP contribution < -0.4 is 5.32 Å². The normalized spacial score (nSPS) is 9.93. The number of nitrogens with one attached hydrogen (secondary N) is 1. The van der Waals surface area contributed by atoms with Crippen LogP contribution in [0.2, 0.25) is 0 Å². The molecule has 2 rings (SSSR count). The third kappa shape index (κ3) is 2.74. The van der Waals surface area contributed by atoms with Crippen LogP contribution in [-0.4, -0.2) is 15.0 Å². The first-order valence-electron chi connectivity index (χ1n) is 4.76. The minimum atomic E-state index is 0.666. The van der Waals surface area contributed by atoms with E-state index in [9.17, 15) is 0 Å². The lowest BCUT2D eigenvalue weighted by molar-refractivity contribution is 0.995. The molecule has 0 amide bonds. The number of aromatic nitrogens is 3. The number of aryl methyl sites for hydroxylation is 1. The van der Waals surface area contributed by atoms with E-state index < -0.39 is 0 Å². The second kappa shape index (κ2) is 4.50. The molecule has 4 heteroatoms. The number of pyridine rings is 1. The molecule has 0 aliphatic heterocycles. The molecular formula is C11H12N4. The third-order valence-corrected chi connectivity index (χ3v) is 2.01. The van der Waals surface area contributed by atoms with Crippen LogP contribution in [0.3, 0.4) is 0 Å². The molecule has 0 atom stereocenters. The fourth-order valence-electron chi connectivity index (χ4n) is 1.24. The molecule has 0 aromatic carbocycles. The van der Waals surface area contributed by atoms with Gasteiger partial charge in [0, 0.05) is 12.4 Å². The monoisotopic (exact) mass is 200 g/mol. The van der Waals surface area contributed by atoms with Gasteiger partial charge in [0.15, 0.2) is 0 Å². The summed E-state index contributed by atoms with van der Waals surface area (Å²) in [6, 6.07) is 5.85. The summed E-state index contributed by atoms with van der Waals surface area (Å²) in [6.45, 7) is 2.70. The van der Waals surface area contributed by atoms with Crippen molar-refractivity contribution in [3.05, 3.63) is 48.2 Å². The summed E-state index contributed by atoms with van der Waals surface area (Å²) in [5.41, 5.74) is 2.14. The van der Waals surface area contributed by atoms with Gasteiger partial charge < -0.3 is 5.32 Å². The second-order valence-corrected chi connectivity index (χ2v) is 3.27. The van der Waals surface area contributed by atoms with Gasteiger partial charge in [0.25, 0.3) is 0 Å². The summed E-state index contributed by atoms with van der Waals surface area (Å²) in [5.74, 6) is 0.869. The topological polar surface area (TPSA) is 50.7 Å². The molecule has 0 radical (unpaired) electrons. The number of nitrogens with zero attached hydrogens (tertiary/aromatic N) is 3. The van der Waals surface area contributed by atoms with Crippen molar-refractivity contribution in [1.29, 1.82) is 0 Å². The Morgan fingerprint density at radius 2 is 2.13 bits per heavy atom. The molecule has 0 fully saturated rings. The molecule has 0 aliphatic rings. The molecule has 0 unspecified atom stereocenters. The van der Waals surface area contributed by atoms with Gasteiger partial charge in [-0.1, -0.05) is 0 Å². The lowest BCUT2D eigenvalue weighted by Gasteiger charge is -2.04. The third-order valence-electron chi connectivity index (χ3n) is 2.01. The van der Waals surface area contributed by atoms with Gasteiger partial charge in [0.1, 0.15) is 12.1 Å². The molecule has 0 spiro atoms. The summed E-state index contributed by atoms with van der Waals surface area (Å²) in [7, 11) is 0. The molecule has 76 valence electrons. The Hall–Kier alpha value is -1.97. The van der Waals surface area contributed by atoms with E-state index in [1.807, 2.05) is 25.1 Å². The maximum absolute atomic E-state index is 4.20. The molecule has 4 nitrogen and oxygen atoms in total. The van der Waals surface area contributed by atoms with E-state index in [1.54, 1.807) is 18.7 Å². The molecule has 0 saturated carbocycles. The second-order valence-electron chi connectivity index (χ2n) is 3.27. The molecule has 0 bridgehead atoms. The van der Waals surface area contributed by atoms with Crippen LogP contribution in [0.1, 0.15) is 11.3 Å². The fourth-order valence-corrected chi connectivity index (χ4v) is 1.24. The van der Waals surface area contributed by atoms with Gasteiger partial charge in [0.05, 0.1) is 12.2 Å². The van der Waals surface area contributed by atoms with Crippen LogP contribution in [0.25, 0.3) is 0 Å². The number of hydrogen-bond donors (Lipinski definition) is 1. The largest absolute Gasteiger partial charge is 0.364 e. The van der Waals surface area contributed by atoms with E-state index in [2.05, 4.69) is 20.3 Å². The molecule has 0 saturated heterocycles. The Balaban J connectivity index is 1.99. The zero-order valence-corrected chi connectivity index (χ0v) is 8.51. The van der Waals surface area contributed by atoms with Crippen molar-refractivity contribution in [2.24, 2.45) is 0 Å². The average Bonchev–Trinajstić information content (AvgIpc) is 2.28. The van der Waals surface area contributed by atoms with Crippen LogP contribution in [0.15, 0.2) is 36.9 Å². The van der Waals surface area contributed by atoms with Crippen molar-refractivity contribution in [2.45, 2.75) is 13.5 Å². The van der Waals surface area contributed by atoms with Crippen molar-refractivity contribution in [3.8, 4) is 0 Å². The molecule has 1 N–H and O–H groups in total. The minimum absolute atomic E-state index is 0.666. The Bertz CT molecular complexity index is 428. The van der Waals surface area contributed by atoms with E-state index in [-0.39, 0.29) is 0 Å². The Morgan fingerprint density at radius 3 is 2.87 bits per heavy atom. The highest BCUT2D eigenvalue weighted by Crippen LogP contribution is 2.06. The van der Waals surface area contributed by atoms with E-state index in [0.29, 0.717) is 6.54 Å². The predicted octanol–water partition coefficient (Wildman–Crippen LogP) is 1.79. The van der Waals surface area contributed by atoms with Crippen molar-refractivity contribution in [2.75, 3.05) is 5.32 Å². The molecular weight excluding hydrogens is 188 g/mol. The van der Waals surface area contributed by atoms with Crippen LogP contribution in [0.4, 0.5) is 5.82 Å². The van der Waals surface area contributed by atoms with Gasteiger partial charge in [-0.2, -0.15) is 0 Å². The highest BCUT2D eigenvalue weighted by atomic mass is 15.0. The summed E-state index contributed by atoms with van der Waals surface area (Å²) < 4.78 is 0. The summed E-state index contributed by atoms with van der Waals surface area (Å²) >= 11 is 0. The van der Waals surface area contributed by atoms with Gasteiger partial charge in [-0.05, 0) is 30.7 Å². The van der Waals surface area contributed by atoms with Crippen molar-refractivity contribution in [1.82, 2.24) is 15.0 Å². The molecule has 2 aromatic heterocycles. The smallest absolute Gasteiger partial charge is 0.126 e. The molecule has 15 heavy (non-hydrogen) atoms. The van der Waals surface area contributed by atoms with Crippen LogP contribution in [0, 0.1) is 6.92 Å². The first-order valence-corrected chi connectivity index (χ1v) is 4.76. The molecule has 2 aromatic rings. The van der Waals surface area contributed by atoms with Crippen molar-refractivity contribution < 1.29 is 0 Å². The average molecular weight is 200 g/mol. The number of anilines is 1. The number of hydrogen-bond acceptors (Lipinski definition) is 4. The minimum Gasteiger partial charge on any atom is -0.364 e. The van der Waals surface area contributed by atoms with Crippen LogP contribution in [-0.2, 0) is 6.54 Å². The van der Waals surface area contributed by atoms with E-state index >= 15 is 0 Å². The van der Waals surface area contributed by atoms with Crippen molar-refractivity contribution in [3.63, 3.8) is 0 Å². The Labute approximate surface area is 88.4 Å². The maximum atomic E-state index is 4.20. The molecule has 0 aliphatic carbocycles. The summed E-state index contributed by atoms with van der Waals surface area (Å²) in [6.07, 6.45) is 5.06. The Morgan fingerprint density at radius 1 is 1.20 bits per heavy atom. The maximum Gasteiger partial charge on any atom is 0.126 e. The van der Waals surface area contributed by atoms with Gasteiger partial charge in [-0.15, -0.1) is 0 Å². The van der Waals surface area contributed by atoms with Crippen molar-refractivity contribution >= 4 is 5.82 Å². The number of rotatable bonds is 3.